The second kappa shape index (κ2) is 4.04. The number of carbonyl (C=O) groups excluding carboxylic acids is 1. The summed E-state index contributed by atoms with van der Waals surface area (Å²) >= 11 is 3.24. The molecule has 0 spiro atoms. The number of benzene rings is 1. The molecule has 76 valence electrons. The van der Waals surface area contributed by atoms with Gasteiger partial charge in [-0.3, -0.25) is 4.79 Å². The maximum atomic E-state index is 12.4. The Kier molecular flexibility index (Phi) is 3.21. The number of halogens is 3. The van der Waals surface area contributed by atoms with Gasteiger partial charge in [0.25, 0.3) is 0 Å². The number of thiol groups is 1. The number of carbonyl (C=O) groups is 1. The topological polar surface area (TPSA) is 17.1 Å². The van der Waals surface area contributed by atoms with Gasteiger partial charge in [-0.05, 0) is 5.56 Å². The number of hydrogen-bond donors (Lipinski definition) is 1. The molecule has 0 aliphatic heterocycles. The van der Waals surface area contributed by atoms with Gasteiger partial charge in [0.1, 0.15) is 5.92 Å². The van der Waals surface area contributed by atoms with Gasteiger partial charge < -0.3 is 0 Å². The van der Waals surface area contributed by atoms with Crippen molar-refractivity contribution in [2.75, 3.05) is 0 Å². The van der Waals surface area contributed by atoms with Crippen molar-refractivity contribution in [3.8, 4) is 0 Å². The SMILES string of the molecule is O=C(S)[C@H](c1ccccc1)C(F)(F)F. The zero-order chi connectivity index (χ0) is 10.8. The molecule has 0 aliphatic carbocycles. The summed E-state index contributed by atoms with van der Waals surface area (Å²) in [5.41, 5.74) is -0.0833. The van der Waals surface area contributed by atoms with Crippen LogP contribution < -0.4 is 0 Å². The molecule has 0 fully saturated rings. The fourth-order valence-corrected chi connectivity index (χ4v) is 1.41. The van der Waals surface area contributed by atoms with Crippen LogP contribution >= 0.6 is 12.6 Å². The summed E-state index contributed by atoms with van der Waals surface area (Å²) in [6.07, 6.45) is -4.58. The standard InChI is InChI=1S/C9H7F3OS/c10-9(11,12)7(8(13)14)6-4-2-1-3-5-6/h1-5,7H,(H,13,14)/t7-/m0/s1. The van der Waals surface area contributed by atoms with E-state index < -0.39 is 17.2 Å². The molecule has 0 heterocycles. The summed E-state index contributed by atoms with van der Waals surface area (Å²) in [6.45, 7) is 0. The summed E-state index contributed by atoms with van der Waals surface area (Å²) < 4.78 is 37.2. The Morgan fingerprint density at radius 3 is 2.07 bits per heavy atom. The van der Waals surface area contributed by atoms with Gasteiger partial charge in [0, 0.05) is 0 Å². The molecule has 1 atom stereocenters. The van der Waals surface area contributed by atoms with Crippen molar-refractivity contribution in [2.24, 2.45) is 0 Å². The van der Waals surface area contributed by atoms with E-state index in [0.29, 0.717) is 0 Å². The third-order valence-electron chi connectivity index (χ3n) is 1.71. The Morgan fingerprint density at radius 1 is 1.21 bits per heavy atom. The van der Waals surface area contributed by atoms with Crippen LogP contribution in [0, 0.1) is 0 Å². The predicted octanol–water partition coefficient (Wildman–Crippen LogP) is 2.79. The van der Waals surface area contributed by atoms with Crippen molar-refractivity contribution < 1.29 is 18.0 Å². The molecule has 0 saturated carbocycles. The average Bonchev–Trinajstić information content (AvgIpc) is 2.02. The Hall–Kier alpha value is -0.970. The van der Waals surface area contributed by atoms with E-state index in [0.717, 1.165) is 0 Å². The average molecular weight is 220 g/mol. The van der Waals surface area contributed by atoms with Gasteiger partial charge in [0.2, 0.25) is 5.12 Å². The Balaban J connectivity index is 3.08. The van der Waals surface area contributed by atoms with E-state index in [9.17, 15) is 18.0 Å². The largest absolute Gasteiger partial charge is 0.403 e. The molecule has 0 radical (unpaired) electrons. The number of rotatable bonds is 2. The molecule has 1 rings (SSSR count). The zero-order valence-electron chi connectivity index (χ0n) is 6.95. The third kappa shape index (κ3) is 2.51. The first-order valence-electron chi connectivity index (χ1n) is 3.77. The van der Waals surface area contributed by atoms with Crippen molar-refractivity contribution >= 4 is 17.7 Å². The van der Waals surface area contributed by atoms with Crippen LogP contribution in [-0.4, -0.2) is 11.3 Å². The predicted molar refractivity (Wildman–Crippen MR) is 49.2 cm³/mol. The molecule has 1 nitrogen and oxygen atoms in total. The molecule has 0 N–H and O–H groups in total. The van der Waals surface area contributed by atoms with Crippen LogP contribution in [0.15, 0.2) is 30.3 Å². The second-order valence-corrected chi connectivity index (χ2v) is 3.16. The molecular formula is C9H7F3OS. The highest BCUT2D eigenvalue weighted by atomic mass is 32.1. The summed E-state index contributed by atoms with van der Waals surface area (Å²) in [5.74, 6) is -2.13. The number of hydrogen-bond acceptors (Lipinski definition) is 1. The van der Waals surface area contributed by atoms with Crippen LogP contribution in [0.3, 0.4) is 0 Å². The first-order chi connectivity index (χ1) is 6.43. The third-order valence-corrected chi connectivity index (χ3v) is 1.97. The smallest absolute Gasteiger partial charge is 0.286 e. The Morgan fingerprint density at radius 2 is 1.71 bits per heavy atom. The molecule has 0 amide bonds. The van der Waals surface area contributed by atoms with Crippen molar-refractivity contribution in [1.82, 2.24) is 0 Å². The van der Waals surface area contributed by atoms with Crippen LogP contribution in [0.5, 0.6) is 0 Å². The molecule has 0 aliphatic rings. The minimum absolute atomic E-state index is 0.0833. The highest BCUT2D eigenvalue weighted by Gasteiger charge is 2.44. The summed E-state index contributed by atoms with van der Waals surface area (Å²) in [4.78, 5) is 10.7. The van der Waals surface area contributed by atoms with Crippen LogP contribution in [0.2, 0.25) is 0 Å². The maximum Gasteiger partial charge on any atom is 0.403 e. The van der Waals surface area contributed by atoms with E-state index in [1.807, 2.05) is 0 Å². The van der Waals surface area contributed by atoms with Crippen LogP contribution in [0.25, 0.3) is 0 Å². The van der Waals surface area contributed by atoms with E-state index in [4.69, 9.17) is 0 Å². The van der Waals surface area contributed by atoms with E-state index in [1.165, 1.54) is 24.3 Å². The molecule has 5 heteroatoms. The highest BCUT2D eigenvalue weighted by Crippen LogP contribution is 2.36. The lowest BCUT2D eigenvalue weighted by atomic mass is 10.0. The quantitative estimate of drug-likeness (QED) is 0.758. The summed E-state index contributed by atoms with van der Waals surface area (Å²) in [7, 11) is 0. The fraction of sp³-hybridized carbons (Fsp3) is 0.222. The van der Waals surface area contributed by atoms with Gasteiger partial charge >= 0.3 is 6.18 Å². The molecule has 1 aromatic carbocycles. The Labute approximate surface area is 84.3 Å². The molecular weight excluding hydrogens is 213 g/mol. The minimum atomic E-state index is -4.58. The van der Waals surface area contributed by atoms with Gasteiger partial charge in [-0.15, -0.1) is 12.6 Å². The normalized spacial score (nSPS) is 13.7. The van der Waals surface area contributed by atoms with Crippen LogP contribution in [-0.2, 0) is 4.79 Å². The second-order valence-electron chi connectivity index (χ2n) is 2.72. The first kappa shape index (κ1) is 11.1. The minimum Gasteiger partial charge on any atom is -0.286 e. The molecule has 1 aromatic rings. The molecule has 0 aromatic heterocycles. The molecule has 0 unspecified atom stereocenters. The maximum absolute atomic E-state index is 12.4. The Bertz CT molecular complexity index is 321. The van der Waals surface area contributed by atoms with Crippen LogP contribution in [0.1, 0.15) is 11.5 Å². The highest BCUT2D eigenvalue weighted by molar-refractivity contribution is 7.96. The van der Waals surface area contributed by atoms with Crippen molar-refractivity contribution in [1.29, 1.82) is 0 Å². The van der Waals surface area contributed by atoms with Crippen molar-refractivity contribution in [3.05, 3.63) is 35.9 Å². The van der Waals surface area contributed by atoms with E-state index >= 15 is 0 Å². The van der Waals surface area contributed by atoms with Gasteiger partial charge in [0.15, 0.2) is 0 Å². The lowest BCUT2D eigenvalue weighted by Crippen LogP contribution is -2.25. The summed E-state index contributed by atoms with van der Waals surface area (Å²) in [6, 6.07) is 6.99. The zero-order valence-corrected chi connectivity index (χ0v) is 7.85. The van der Waals surface area contributed by atoms with E-state index in [1.54, 1.807) is 6.07 Å². The van der Waals surface area contributed by atoms with E-state index in [2.05, 4.69) is 12.6 Å². The van der Waals surface area contributed by atoms with Gasteiger partial charge in [-0.25, -0.2) is 0 Å². The summed E-state index contributed by atoms with van der Waals surface area (Å²) in [5, 5.41) is -1.19. The first-order valence-corrected chi connectivity index (χ1v) is 4.22. The monoisotopic (exact) mass is 220 g/mol. The lowest BCUT2D eigenvalue weighted by molar-refractivity contribution is -0.157. The van der Waals surface area contributed by atoms with Crippen molar-refractivity contribution in [3.63, 3.8) is 0 Å². The van der Waals surface area contributed by atoms with Gasteiger partial charge in [0.05, 0.1) is 0 Å². The number of alkyl halides is 3. The van der Waals surface area contributed by atoms with Crippen molar-refractivity contribution in [2.45, 2.75) is 12.1 Å². The lowest BCUT2D eigenvalue weighted by Gasteiger charge is -2.16. The molecule has 0 bridgehead atoms. The molecule has 0 saturated heterocycles. The van der Waals surface area contributed by atoms with E-state index in [-0.39, 0.29) is 5.56 Å². The fourth-order valence-electron chi connectivity index (χ4n) is 1.12. The van der Waals surface area contributed by atoms with Gasteiger partial charge in [-0.2, -0.15) is 13.2 Å². The van der Waals surface area contributed by atoms with Crippen LogP contribution in [0.4, 0.5) is 13.2 Å². The van der Waals surface area contributed by atoms with Gasteiger partial charge in [-0.1, -0.05) is 30.3 Å². The molecule has 14 heavy (non-hydrogen) atoms.